The normalized spacial score (nSPS) is 19.8. The highest BCUT2D eigenvalue weighted by Crippen LogP contribution is 2.31. The number of nitrogens with one attached hydrogen (secondary N) is 1. The maximum Gasteiger partial charge on any atom is 0.313 e. The van der Waals surface area contributed by atoms with E-state index in [0.29, 0.717) is 16.9 Å². The van der Waals surface area contributed by atoms with Crippen molar-refractivity contribution < 1.29 is 4.92 Å². The molecule has 2 heterocycles. The summed E-state index contributed by atoms with van der Waals surface area (Å²) in [4.78, 5) is 16.9. The van der Waals surface area contributed by atoms with Gasteiger partial charge in [0.05, 0.1) is 9.95 Å². The molecule has 0 unspecified atom stereocenters. The lowest BCUT2D eigenvalue weighted by Crippen LogP contribution is -2.43. The highest BCUT2D eigenvalue weighted by molar-refractivity contribution is 6.30. The van der Waals surface area contributed by atoms with E-state index < -0.39 is 4.92 Å². The average molecular weight is 311 g/mol. The minimum absolute atomic E-state index is 0.00751. The van der Waals surface area contributed by atoms with Gasteiger partial charge in [0, 0.05) is 31.4 Å². The van der Waals surface area contributed by atoms with Crippen LogP contribution in [0.15, 0.2) is 12.3 Å². The molecule has 0 spiro atoms. The van der Waals surface area contributed by atoms with Crippen LogP contribution in [0.2, 0.25) is 5.02 Å². The van der Waals surface area contributed by atoms with Crippen LogP contribution in [-0.4, -0.2) is 35.6 Å². The van der Waals surface area contributed by atoms with Crippen molar-refractivity contribution in [2.24, 2.45) is 5.92 Å². The second-order valence-electron chi connectivity index (χ2n) is 5.87. The van der Waals surface area contributed by atoms with E-state index in [0.717, 1.165) is 38.4 Å². The summed E-state index contributed by atoms with van der Waals surface area (Å²) in [5.41, 5.74) is -0.00751. The van der Waals surface area contributed by atoms with Crippen molar-refractivity contribution in [1.82, 2.24) is 10.3 Å². The van der Waals surface area contributed by atoms with Gasteiger partial charge < -0.3 is 10.2 Å². The van der Waals surface area contributed by atoms with E-state index in [2.05, 4.69) is 10.3 Å². The Kier molecular flexibility index (Phi) is 4.26. The minimum Gasteiger partial charge on any atom is -0.351 e. The Morgan fingerprint density at radius 1 is 1.38 bits per heavy atom. The topological polar surface area (TPSA) is 71.3 Å². The van der Waals surface area contributed by atoms with Gasteiger partial charge in [0.25, 0.3) is 0 Å². The Bertz CT molecular complexity index is 528. The lowest BCUT2D eigenvalue weighted by Gasteiger charge is -2.33. The number of hydrogen-bond acceptors (Lipinski definition) is 5. The van der Waals surface area contributed by atoms with Gasteiger partial charge >= 0.3 is 5.69 Å². The van der Waals surface area contributed by atoms with E-state index in [1.807, 2.05) is 4.90 Å². The van der Waals surface area contributed by atoms with Crippen LogP contribution in [0.3, 0.4) is 0 Å². The predicted molar refractivity (Wildman–Crippen MR) is 81.9 cm³/mol. The lowest BCUT2D eigenvalue weighted by atomic mass is 10.0. The van der Waals surface area contributed by atoms with Gasteiger partial charge in [0.15, 0.2) is 0 Å². The minimum atomic E-state index is -0.411. The summed E-state index contributed by atoms with van der Waals surface area (Å²) in [6, 6.07) is 1.90. The quantitative estimate of drug-likeness (QED) is 0.668. The van der Waals surface area contributed by atoms with Crippen LogP contribution in [-0.2, 0) is 0 Å². The number of rotatable bonds is 5. The van der Waals surface area contributed by atoms with Crippen molar-refractivity contribution in [3.05, 3.63) is 27.4 Å². The van der Waals surface area contributed by atoms with Gasteiger partial charge in [-0.1, -0.05) is 11.6 Å². The Morgan fingerprint density at radius 3 is 2.71 bits per heavy atom. The Labute approximate surface area is 128 Å². The zero-order chi connectivity index (χ0) is 14.8. The lowest BCUT2D eigenvalue weighted by molar-refractivity contribution is -0.384. The van der Waals surface area contributed by atoms with Crippen LogP contribution >= 0.6 is 11.6 Å². The van der Waals surface area contributed by atoms with E-state index in [-0.39, 0.29) is 5.69 Å². The zero-order valence-corrected chi connectivity index (χ0v) is 12.6. The molecule has 7 heteroatoms. The molecule has 1 aromatic heterocycles. The number of anilines is 1. The summed E-state index contributed by atoms with van der Waals surface area (Å²) >= 11 is 5.80. The monoisotopic (exact) mass is 310 g/mol. The molecular weight excluding hydrogens is 292 g/mol. The molecule has 2 fully saturated rings. The summed E-state index contributed by atoms with van der Waals surface area (Å²) in [5, 5.41) is 15.0. The molecule has 6 nitrogen and oxygen atoms in total. The summed E-state index contributed by atoms with van der Waals surface area (Å²) < 4.78 is 0. The van der Waals surface area contributed by atoms with Crippen LogP contribution in [0, 0.1) is 16.0 Å². The molecule has 3 rings (SSSR count). The summed E-state index contributed by atoms with van der Waals surface area (Å²) in [6.07, 6.45) is 6.17. The predicted octanol–water partition coefficient (Wildman–Crippen LogP) is 2.61. The number of piperidine rings is 1. The highest BCUT2D eigenvalue weighted by Gasteiger charge is 2.27. The summed E-state index contributed by atoms with van der Waals surface area (Å²) in [5.74, 6) is 1.31. The molecule has 1 N–H and O–H groups in total. The number of hydrogen-bond donors (Lipinski definition) is 1. The van der Waals surface area contributed by atoms with Gasteiger partial charge in [0.1, 0.15) is 0 Å². The molecule has 21 heavy (non-hydrogen) atoms. The first-order valence-electron chi connectivity index (χ1n) is 7.42. The van der Waals surface area contributed by atoms with Crippen LogP contribution in [0.5, 0.6) is 0 Å². The average Bonchev–Trinajstić information content (AvgIpc) is 3.30. The van der Waals surface area contributed by atoms with E-state index in [4.69, 9.17) is 11.6 Å². The van der Waals surface area contributed by atoms with Crippen molar-refractivity contribution in [2.45, 2.75) is 31.7 Å². The third-order valence-corrected chi connectivity index (χ3v) is 4.40. The van der Waals surface area contributed by atoms with E-state index in [9.17, 15) is 10.1 Å². The fraction of sp³-hybridized carbons (Fsp3) is 0.643. The molecule has 1 saturated heterocycles. The van der Waals surface area contributed by atoms with Crippen molar-refractivity contribution in [1.29, 1.82) is 0 Å². The van der Waals surface area contributed by atoms with Crippen molar-refractivity contribution in [2.75, 3.05) is 24.5 Å². The Balaban J connectivity index is 1.62. The molecule has 1 saturated carbocycles. The smallest absolute Gasteiger partial charge is 0.313 e. The molecule has 1 aliphatic heterocycles. The molecule has 1 aliphatic carbocycles. The summed E-state index contributed by atoms with van der Waals surface area (Å²) in [7, 11) is 0. The number of halogens is 1. The molecule has 0 radical (unpaired) electrons. The maximum atomic E-state index is 11.1. The standard InChI is InChI=1S/C14H19ClN4O2/c15-11-7-13(19(20)21)14(17-9-11)18-5-3-12(4-6-18)16-8-10-1-2-10/h7,9-10,12,16H,1-6,8H2. The van der Waals surface area contributed by atoms with Gasteiger partial charge in [0.2, 0.25) is 5.82 Å². The van der Waals surface area contributed by atoms with Crippen LogP contribution in [0.1, 0.15) is 25.7 Å². The van der Waals surface area contributed by atoms with Crippen LogP contribution in [0.4, 0.5) is 11.5 Å². The number of nitrogens with zero attached hydrogens (tertiary/aromatic N) is 3. The Morgan fingerprint density at radius 2 is 2.10 bits per heavy atom. The van der Waals surface area contributed by atoms with E-state index in [1.165, 1.54) is 25.1 Å². The van der Waals surface area contributed by atoms with E-state index >= 15 is 0 Å². The number of aromatic nitrogens is 1. The maximum absolute atomic E-state index is 11.1. The Hall–Kier alpha value is -1.40. The molecule has 0 amide bonds. The molecule has 0 aromatic carbocycles. The first kappa shape index (κ1) is 14.5. The first-order chi connectivity index (χ1) is 10.1. The van der Waals surface area contributed by atoms with Gasteiger partial charge in [-0.25, -0.2) is 4.98 Å². The fourth-order valence-corrected chi connectivity index (χ4v) is 2.90. The van der Waals surface area contributed by atoms with E-state index in [1.54, 1.807) is 0 Å². The van der Waals surface area contributed by atoms with Crippen LogP contribution < -0.4 is 10.2 Å². The van der Waals surface area contributed by atoms with Crippen LogP contribution in [0.25, 0.3) is 0 Å². The van der Waals surface area contributed by atoms with Gasteiger partial charge in [-0.05, 0) is 38.1 Å². The second-order valence-corrected chi connectivity index (χ2v) is 6.30. The number of pyridine rings is 1. The van der Waals surface area contributed by atoms with Gasteiger partial charge in [-0.2, -0.15) is 0 Å². The highest BCUT2D eigenvalue weighted by atomic mass is 35.5. The zero-order valence-electron chi connectivity index (χ0n) is 11.8. The molecular formula is C14H19ClN4O2. The molecule has 2 aliphatic rings. The first-order valence-corrected chi connectivity index (χ1v) is 7.79. The second kappa shape index (κ2) is 6.15. The molecule has 0 atom stereocenters. The van der Waals surface area contributed by atoms with Gasteiger partial charge in [-0.3, -0.25) is 10.1 Å². The fourth-order valence-electron chi connectivity index (χ4n) is 2.75. The third kappa shape index (κ3) is 3.63. The number of nitro groups is 1. The summed E-state index contributed by atoms with van der Waals surface area (Å²) in [6.45, 7) is 2.69. The molecule has 114 valence electrons. The van der Waals surface area contributed by atoms with Crippen molar-refractivity contribution >= 4 is 23.1 Å². The SMILES string of the molecule is O=[N+]([O-])c1cc(Cl)cnc1N1CCC(NCC2CC2)CC1. The molecule has 0 bridgehead atoms. The third-order valence-electron chi connectivity index (χ3n) is 4.20. The van der Waals surface area contributed by atoms with Gasteiger partial charge in [-0.15, -0.1) is 0 Å². The van der Waals surface area contributed by atoms with Crippen molar-refractivity contribution in [3.63, 3.8) is 0 Å². The molecule has 1 aromatic rings. The van der Waals surface area contributed by atoms with Crippen molar-refractivity contribution in [3.8, 4) is 0 Å². The largest absolute Gasteiger partial charge is 0.351 e.